The van der Waals surface area contributed by atoms with E-state index in [1.807, 2.05) is 30.5 Å². The summed E-state index contributed by atoms with van der Waals surface area (Å²) in [5, 5.41) is 3.07. The molecule has 1 aliphatic rings. The number of dihydropyridines is 1. The van der Waals surface area contributed by atoms with E-state index in [2.05, 4.69) is 15.3 Å². The minimum absolute atomic E-state index is 0.388. The summed E-state index contributed by atoms with van der Waals surface area (Å²) in [5.74, 6) is -0.388. The van der Waals surface area contributed by atoms with Gasteiger partial charge in [0.25, 0.3) is 0 Å². The lowest BCUT2D eigenvalue weighted by Crippen LogP contribution is -2.25. The second-order valence-electron chi connectivity index (χ2n) is 4.65. The van der Waals surface area contributed by atoms with Gasteiger partial charge in [-0.15, -0.1) is 0 Å². The number of nitrogens with two attached hydrogens (primary N) is 1. The molecule has 1 aromatic heterocycles. The van der Waals surface area contributed by atoms with Gasteiger partial charge in [-0.05, 0) is 23.3 Å². The number of para-hydroxylation sites is 1. The molecule has 2 heterocycles. The number of fused-ring (bicyclic) bond motifs is 1. The van der Waals surface area contributed by atoms with Crippen LogP contribution in [0, 0.1) is 0 Å². The van der Waals surface area contributed by atoms with Gasteiger partial charge in [0.2, 0.25) is 5.91 Å². The molecule has 0 bridgehead atoms. The highest BCUT2D eigenvalue weighted by atomic mass is 16.1. The summed E-state index contributed by atoms with van der Waals surface area (Å²) in [4.78, 5) is 19.9. The van der Waals surface area contributed by atoms with Gasteiger partial charge in [-0.1, -0.05) is 12.1 Å². The Kier molecular flexibility index (Phi) is 3.16. The van der Waals surface area contributed by atoms with Crippen LogP contribution in [0.25, 0.3) is 11.0 Å². The number of amides is 1. The molecule has 0 radical (unpaired) electrons. The fraction of sp³-hybridized carbons (Fsp3) is 0.133. The smallest absolute Gasteiger partial charge is 0.246 e. The highest BCUT2D eigenvalue weighted by Crippen LogP contribution is 2.19. The molecule has 3 rings (SSSR count). The number of aromatic nitrogens is 2. The van der Waals surface area contributed by atoms with Crippen molar-refractivity contribution in [2.75, 3.05) is 6.54 Å². The third-order valence-corrected chi connectivity index (χ3v) is 3.23. The van der Waals surface area contributed by atoms with Crippen molar-refractivity contribution in [1.82, 2.24) is 15.3 Å². The first-order chi connectivity index (χ1) is 9.74. The average molecular weight is 266 g/mol. The molecule has 1 aliphatic heterocycles. The summed E-state index contributed by atoms with van der Waals surface area (Å²) in [6, 6.07) is 5.91. The summed E-state index contributed by atoms with van der Waals surface area (Å²) in [5.41, 5.74) is 9.74. The fourth-order valence-electron chi connectivity index (χ4n) is 2.28. The van der Waals surface area contributed by atoms with Crippen molar-refractivity contribution in [3.8, 4) is 0 Å². The van der Waals surface area contributed by atoms with Crippen molar-refractivity contribution in [2.45, 2.75) is 6.42 Å². The zero-order chi connectivity index (χ0) is 13.9. The van der Waals surface area contributed by atoms with Crippen molar-refractivity contribution >= 4 is 16.9 Å². The maximum absolute atomic E-state index is 11.2. The molecule has 100 valence electrons. The van der Waals surface area contributed by atoms with Crippen molar-refractivity contribution in [3.63, 3.8) is 0 Å². The summed E-state index contributed by atoms with van der Waals surface area (Å²) >= 11 is 0. The Hall–Kier alpha value is -2.69. The van der Waals surface area contributed by atoms with E-state index in [9.17, 15) is 4.79 Å². The predicted molar refractivity (Wildman–Crippen MR) is 76.6 cm³/mol. The Morgan fingerprint density at radius 1 is 1.30 bits per heavy atom. The number of carbonyl (C=O) groups is 1. The minimum Gasteiger partial charge on any atom is -0.386 e. The first-order valence-corrected chi connectivity index (χ1v) is 6.35. The van der Waals surface area contributed by atoms with E-state index >= 15 is 0 Å². The molecular weight excluding hydrogens is 252 g/mol. The molecule has 20 heavy (non-hydrogen) atoms. The summed E-state index contributed by atoms with van der Waals surface area (Å²) in [7, 11) is 0. The largest absolute Gasteiger partial charge is 0.386 e. The standard InChI is InChI=1S/C15H14N4O/c16-15(20)12-7-10(8-17-9-12)6-11-2-1-3-13-14(11)19-5-4-18-13/h1-5,7-8,17H,6,9H2,(H2,16,20). The maximum Gasteiger partial charge on any atom is 0.246 e. The number of nitrogens with zero attached hydrogens (tertiary/aromatic N) is 2. The number of primary amides is 1. The quantitative estimate of drug-likeness (QED) is 0.870. The van der Waals surface area contributed by atoms with E-state index in [0.717, 1.165) is 22.2 Å². The number of hydrogen-bond acceptors (Lipinski definition) is 4. The highest BCUT2D eigenvalue weighted by molar-refractivity contribution is 5.93. The number of benzene rings is 1. The van der Waals surface area contributed by atoms with Gasteiger partial charge in [0.05, 0.1) is 11.0 Å². The SMILES string of the molecule is NC(=O)C1=CC(Cc2cccc3nccnc23)=CNC1. The number of nitrogens with one attached hydrogen (secondary N) is 1. The van der Waals surface area contributed by atoms with E-state index in [0.29, 0.717) is 18.5 Å². The lowest BCUT2D eigenvalue weighted by molar-refractivity contribution is -0.114. The van der Waals surface area contributed by atoms with Crippen molar-refractivity contribution in [1.29, 1.82) is 0 Å². The lowest BCUT2D eigenvalue weighted by Gasteiger charge is -2.14. The topological polar surface area (TPSA) is 80.9 Å². The van der Waals surface area contributed by atoms with E-state index in [-0.39, 0.29) is 5.91 Å². The molecule has 1 amide bonds. The van der Waals surface area contributed by atoms with Crippen LogP contribution in [0.3, 0.4) is 0 Å². The normalized spacial score (nSPS) is 14.4. The van der Waals surface area contributed by atoms with Gasteiger partial charge in [0, 0.05) is 37.1 Å². The molecule has 0 spiro atoms. The van der Waals surface area contributed by atoms with E-state index < -0.39 is 0 Å². The minimum atomic E-state index is -0.388. The van der Waals surface area contributed by atoms with Crippen LogP contribution in [0.1, 0.15) is 5.56 Å². The summed E-state index contributed by atoms with van der Waals surface area (Å²) < 4.78 is 0. The van der Waals surface area contributed by atoms with Crippen LogP contribution in [0.15, 0.2) is 54.0 Å². The zero-order valence-electron chi connectivity index (χ0n) is 10.8. The molecule has 3 N–H and O–H groups in total. The molecule has 0 saturated heterocycles. The molecule has 5 heteroatoms. The third-order valence-electron chi connectivity index (χ3n) is 3.23. The predicted octanol–water partition coefficient (Wildman–Crippen LogP) is 1.07. The summed E-state index contributed by atoms with van der Waals surface area (Å²) in [6.45, 7) is 0.480. The van der Waals surface area contributed by atoms with E-state index in [4.69, 9.17) is 5.73 Å². The second kappa shape index (κ2) is 5.13. The molecule has 0 aliphatic carbocycles. The van der Waals surface area contributed by atoms with Crippen molar-refractivity contribution in [2.24, 2.45) is 5.73 Å². The number of hydrogen-bond donors (Lipinski definition) is 2. The van der Waals surface area contributed by atoms with Gasteiger partial charge in [0.15, 0.2) is 0 Å². The van der Waals surface area contributed by atoms with Gasteiger partial charge >= 0.3 is 0 Å². The van der Waals surface area contributed by atoms with Crippen LogP contribution in [-0.4, -0.2) is 22.4 Å². The maximum atomic E-state index is 11.2. The van der Waals surface area contributed by atoms with Gasteiger partial charge in [-0.25, -0.2) is 0 Å². The molecular formula is C15H14N4O. The Morgan fingerprint density at radius 3 is 3.00 bits per heavy atom. The Bertz CT molecular complexity index is 728. The first-order valence-electron chi connectivity index (χ1n) is 6.35. The van der Waals surface area contributed by atoms with Gasteiger partial charge in [-0.3, -0.25) is 14.8 Å². The van der Waals surface area contributed by atoms with Gasteiger partial charge in [-0.2, -0.15) is 0 Å². The van der Waals surface area contributed by atoms with Gasteiger partial charge in [0.1, 0.15) is 0 Å². The van der Waals surface area contributed by atoms with E-state index in [1.165, 1.54) is 0 Å². The molecule has 5 nitrogen and oxygen atoms in total. The third kappa shape index (κ3) is 2.38. The fourth-order valence-corrected chi connectivity index (χ4v) is 2.28. The van der Waals surface area contributed by atoms with Crippen LogP contribution in [-0.2, 0) is 11.2 Å². The lowest BCUT2D eigenvalue weighted by atomic mass is 10.00. The van der Waals surface area contributed by atoms with Crippen molar-refractivity contribution < 1.29 is 4.79 Å². The van der Waals surface area contributed by atoms with Crippen LogP contribution < -0.4 is 11.1 Å². The Balaban J connectivity index is 1.94. The number of allylic oxidation sites excluding steroid dienone is 2. The molecule has 2 aromatic rings. The van der Waals surface area contributed by atoms with Crippen LogP contribution in [0.2, 0.25) is 0 Å². The molecule has 0 saturated carbocycles. The number of carbonyl (C=O) groups excluding carboxylic acids is 1. The van der Waals surface area contributed by atoms with E-state index in [1.54, 1.807) is 12.4 Å². The Morgan fingerprint density at radius 2 is 2.15 bits per heavy atom. The molecule has 0 atom stereocenters. The van der Waals surface area contributed by atoms with Crippen LogP contribution in [0.5, 0.6) is 0 Å². The highest BCUT2D eigenvalue weighted by Gasteiger charge is 2.11. The Labute approximate surface area is 116 Å². The van der Waals surface area contributed by atoms with Crippen LogP contribution >= 0.6 is 0 Å². The summed E-state index contributed by atoms with van der Waals surface area (Å²) in [6.07, 6.45) is 7.79. The average Bonchev–Trinajstić information content (AvgIpc) is 2.48. The number of rotatable bonds is 3. The zero-order valence-corrected chi connectivity index (χ0v) is 10.8. The van der Waals surface area contributed by atoms with Crippen molar-refractivity contribution in [3.05, 3.63) is 59.6 Å². The van der Waals surface area contributed by atoms with Gasteiger partial charge < -0.3 is 11.1 Å². The van der Waals surface area contributed by atoms with Crippen LogP contribution in [0.4, 0.5) is 0 Å². The second-order valence-corrected chi connectivity index (χ2v) is 4.65. The molecule has 1 aromatic carbocycles. The molecule has 0 fully saturated rings. The first kappa shape index (κ1) is 12.3. The molecule has 0 unspecified atom stereocenters. The monoisotopic (exact) mass is 266 g/mol.